The highest BCUT2D eigenvalue weighted by Crippen LogP contribution is 2.44. The van der Waals surface area contributed by atoms with Crippen molar-refractivity contribution in [1.82, 2.24) is 9.80 Å². The Morgan fingerprint density at radius 3 is 2.55 bits per heavy atom. The molecule has 1 aliphatic carbocycles. The third kappa shape index (κ3) is 3.39. The van der Waals surface area contributed by atoms with Crippen LogP contribution in [0.5, 0.6) is 0 Å². The summed E-state index contributed by atoms with van der Waals surface area (Å²) in [6.07, 6.45) is 11.8. The maximum atomic E-state index is 2.83. The van der Waals surface area contributed by atoms with Crippen LogP contribution in [0.15, 0.2) is 0 Å². The zero-order valence-corrected chi connectivity index (χ0v) is 13.7. The Hall–Kier alpha value is -0.0800. The molecule has 116 valence electrons. The van der Waals surface area contributed by atoms with Gasteiger partial charge in [0.15, 0.2) is 0 Å². The van der Waals surface area contributed by atoms with Gasteiger partial charge in [-0.2, -0.15) is 0 Å². The highest BCUT2D eigenvalue weighted by Gasteiger charge is 2.38. The first-order chi connectivity index (χ1) is 9.67. The Bertz CT molecular complexity index is 307. The lowest BCUT2D eigenvalue weighted by atomic mass is 9.78. The lowest BCUT2D eigenvalue weighted by Gasteiger charge is -2.47. The highest BCUT2D eigenvalue weighted by molar-refractivity contribution is 4.92. The average Bonchev–Trinajstić information content (AvgIpc) is 2.86. The maximum Gasteiger partial charge on any atom is 0.0223 e. The summed E-state index contributed by atoms with van der Waals surface area (Å²) in [6, 6.07) is 0.884. The summed E-state index contributed by atoms with van der Waals surface area (Å²) in [6.45, 7) is 11.6. The first kappa shape index (κ1) is 14.8. The smallest absolute Gasteiger partial charge is 0.0223 e. The number of fused-ring (bicyclic) bond motifs is 1. The van der Waals surface area contributed by atoms with Crippen molar-refractivity contribution in [3.05, 3.63) is 0 Å². The van der Waals surface area contributed by atoms with Crippen LogP contribution >= 0.6 is 0 Å². The van der Waals surface area contributed by atoms with E-state index in [-0.39, 0.29) is 0 Å². The van der Waals surface area contributed by atoms with Gasteiger partial charge in [-0.05, 0) is 50.0 Å². The van der Waals surface area contributed by atoms with Crippen LogP contribution in [-0.2, 0) is 0 Å². The molecule has 2 aliphatic heterocycles. The molecular formula is C18H34N2. The van der Waals surface area contributed by atoms with Crippen molar-refractivity contribution in [2.24, 2.45) is 11.3 Å². The molecule has 2 saturated heterocycles. The maximum absolute atomic E-state index is 2.83. The third-order valence-corrected chi connectivity index (χ3v) is 5.99. The molecule has 2 nitrogen and oxygen atoms in total. The van der Waals surface area contributed by atoms with Crippen LogP contribution in [-0.4, -0.2) is 48.6 Å². The van der Waals surface area contributed by atoms with Gasteiger partial charge in [-0.1, -0.05) is 33.1 Å². The zero-order chi connectivity index (χ0) is 14.0. The van der Waals surface area contributed by atoms with Gasteiger partial charge in [0.1, 0.15) is 0 Å². The minimum Gasteiger partial charge on any atom is -0.300 e. The minimum absolute atomic E-state index is 0.672. The molecule has 0 radical (unpaired) electrons. The fraction of sp³-hybridized carbons (Fsp3) is 1.00. The highest BCUT2D eigenvalue weighted by atomic mass is 15.3. The van der Waals surface area contributed by atoms with Crippen LogP contribution in [0.2, 0.25) is 0 Å². The second kappa shape index (κ2) is 6.36. The van der Waals surface area contributed by atoms with Crippen LogP contribution in [0.1, 0.15) is 65.2 Å². The summed E-state index contributed by atoms with van der Waals surface area (Å²) in [7, 11) is 0. The molecule has 1 saturated carbocycles. The van der Waals surface area contributed by atoms with E-state index in [4.69, 9.17) is 0 Å². The van der Waals surface area contributed by atoms with Gasteiger partial charge in [-0.15, -0.1) is 0 Å². The summed E-state index contributed by atoms with van der Waals surface area (Å²) < 4.78 is 0. The van der Waals surface area contributed by atoms with E-state index in [1.54, 1.807) is 0 Å². The van der Waals surface area contributed by atoms with Gasteiger partial charge in [0.2, 0.25) is 0 Å². The Kier molecular flexibility index (Phi) is 4.72. The number of rotatable bonds is 4. The molecule has 0 spiro atoms. The van der Waals surface area contributed by atoms with E-state index < -0.39 is 0 Å². The van der Waals surface area contributed by atoms with Crippen molar-refractivity contribution in [3.63, 3.8) is 0 Å². The standard InChI is InChI=1S/C18H34N2/c1-16(2)13-18(8-4-5-9-18)15-19-11-12-20-10-6-3-7-17(20)14-19/h16-17H,3-15H2,1-2H3. The molecular weight excluding hydrogens is 244 g/mol. The molecule has 20 heavy (non-hydrogen) atoms. The van der Waals surface area contributed by atoms with Crippen molar-refractivity contribution in [1.29, 1.82) is 0 Å². The molecule has 0 aromatic rings. The van der Waals surface area contributed by atoms with E-state index in [1.807, 2.05) is 0 Å². The number of hydrogen-bond acceptors (Lipinski definition) is 2. The lowest BCUT2D eigenvalue weighted by Crippen LogP contribution is -2.56. The van der Waals surface area contributed by atoms with Crippen LogP contribution < -0.4 is 0 Å². The summed E-state index contributed by atoms with van der Waals surface area (Å²) in [4.78, 5) is 5.60. The Labute approximate surface area is 125 Å². The molecule has 0 aromatic heterocycles. The molecule has 1 atom stereocenters. The zero-order valence-electron chi connectivity index (χ0n) is 13.7. The van der Waals surface area contributed by atoms with E-state index in [1.165, 1.54) is 84.1 Å². The first-order valence-electron chi connectivity index (χ1n) is 9.13. The summed E-state index contributed by atoms with van der Waals surface area (Å²) in [5.74, 6) is 0.865. The quantitative estimate of drug-likeness (QED) is 0.772. The number of hydrogen-bond donors (Lipinski definition) is 0. The topological polar surface area (TPSA) is 6.48 Å². The normalized spacial score (nSPS) is 31.6. The molecule has 3 rings (SSSR count). The van der Waals surface area contributed by atoms with Gasteiger partial charge in [0.05, 0.1) is 0 Å². The molecule has 3 aliphatic rings. The van der Waals surface area contributed by atoms with E-state index in [0.717, 1.165) is 12.0 Å². The van der Waals surface area contributed by atoms with Crippen molar-refractivity contribution in [2.45, 2.75) is 71.3 Å². The molecule has 1 unspecified atom stereocenters. The van der Waals surface area contributed by atoms with Crippen LogP contribution in [0.4, 0.5) is 0 Å². The Morgan fingerprint density at radius 1 is 1.00 bits per heavy atom. The third-order valence-electron chi connectivity index (χ3n) is 5.99. The van der Waals surface area contributed by atoms with Gasteiger partial charge in [0, 0.05) is 32.2 Å². The van der Waals surface area contributed by atoms with E-state index >= 15 is 0 Å². The van der Waals surface area contributed by atoms with Gasteiger partial charge in [-0.3, -0.25) is 9.80 Å². The molecule has 3 fully saturated rings. The predicted octanol–water partition coefficient (Wildman–Crippen LogP) is 3.76. The molecule has 2 heterocycles. The molecule has 0 aromatic carbocycles. The van der Waals surface area contributed by atoms with Gasteiger partial charge < -0.3 is 0 Å². The monoisotopic (exact) mass is 278 g/mol. The van der Waals surface area contributed by atoms with E-state index in [2.05, 4.69) is 23.6 Å². The lowest BCUT2D eigenvalue weighted by molar-refractivity contribution is 0.0218. The molecule has 2 heteroatoms. The van der Waals surface area contributed by atoms with Gasteiger partial charge in [-0.25, -0.2) is 0 Å². The fourth-order valence-corrected chi connectivity index (χ4v) is 5.26. The second-order valence-electron chi connectivity index (χ2n) is 8.23. The summed E-state index contributed by atoms with van der Waals surface area (Å²) in [5, 5.41) is 0. The minimum atomic E-state index is 0.672. The van der Waals surface area contributed by atoms with E-state index in [9.17, 15) is 0 Å². The SMILES string of the molecule is CC(C)CC1(CN2CCN3CCCCC3C2)CCCC1. The van der Waals surface area contributed by atoms with Gasteiger partial charge >= 0.3 is 0 Å². The molecule has 0 N–H and O–H groups in total. The Morgan fingerprint density at radius 2 is 1.80 bits per heavy atom. The fourth-order valence-electron chi connectivity index (χ4n) is 5.26. The van der Waals surface area contributed by atoms with Crippen molar-refractivity contribution >= 4 is 0 Å². The van der Waals surface area contributed by atoms with Crippen molar-refractivity contribution in [2.75, 3.05) is 32.7 Å². The molecule has 0 bridgehead atoms. The van der Waals surface area contributed by atoms with E-state index in [0.29, 0.717) is 5.41 Å². The summed E-state index contributed by atoms with van der Waals surface area (Å²) in [5.41, 5.74) is 0.672. The second-order valence-corrected chi connectivity index (χ2v) is 8.23. The predicted molar refractivity (Wildman–Crippen MR) is 86.0 cm³/mol. The average molecular weight is 278 g/mol. The van der Waals surface area contributed by atoms with Crippen molar-refractivity contribution < 1.29 is 0 Å². The number of piperazine rings is 1. The van der Waals surface area contributed by atoms with Crippen LogP contribution in [0, 0.1) is 11.3 Å². The Balaban J connectivity index is 1.58. The van der Waals surface area contributed by atoms with Crippen molar-refractivity contribution in [3.8, 4) is 0 Å². The van der Waals surface area contributed by atoms with Crippen LogP contribution in [0.3, 0.4) is 0 Å². The van der Waals surface area contributed by atoms with Gasteiger partial charge in [0.25, 0.3) is 0 Å². The number of nitrogens with zero attached hydrogens (tertiary/aromatic N) is 2. The number of piperidine rings is 1. The van der Waals surface area contributed by atoms with Crippen LogP contribution in [0.25, 0.3) is 0 Å². The first-order valence-corrected chi connectivity index (χ1v) is 9.13. The molecule has 0 amide bonds. The largest absolute Gasteiger partial charge is 0.300 e. The summed E-state index contributed by atoms with van der Waals surface area (Å²) >= 11 is 0.